The molecule has 0 radical (unpaired) electrons. The molecule has 1 amide bonds. The quantitative estimate of drug-likeness (QED) is 0.546. The van der Waals surface area contributed by atoms with Gasteiger partial charge in [-0.3, -0.25) is 4.79 Å². The first kappa shape index (κ1) is 23.2. The molecule has 0 atom stereocenters. The van der Waals surface area contributed by atoms with Gasteiger partial charge < -0.3 is 20.5 Å². The van der Waals surface area contributed by atoms with Crippen LogP contribution in [0.15, 0.2) is 66.7 Å². The van der Waals surface area contributed by atoms with Gasteiger partial charge in [0.2, 0.25) is 5.88 Å². The lowest BCUT2D eigenvalue weighted by Crippen LogP contribution is -2.28. The monoisotopic (exact) mass is 427 g/mol. The summed E-state index contributed by atoms with van der Waals surface area (Å²) < 4.78 is 11.1. The lowest BCUT2D eigenvalue weighted by atomic mass is 10.1. The molecular formula is C23H26ClN3O3. The van der Waals surface area contributed by atoms with Gasteiger partial charge in [0.1, 0.15) is 5.75 Å². The van der Waals surface area contributed by atoms with Crippen molar-refractivity contribution >= 4 is 18.3 Å². The molecule has 0 spiro atoms. The second-order valence-corrected chi connectivity index (χ2v) is 6.44. The molecule has 0 bridgehead atoms. The van der Waals surface area contributed by atoms with E-state index in [-0.39, 0.29) is 18.3 Å². The Hall–Kier alpha value is -3.09. The van der Waals surface area contributed by atoms with Crippen LogP contribution in [0.5, 0.6) is 11.6 Å². The number of hydrogen-bond donors (Lipinski definition) is 2. The maximum absolute atomic E-state index is 12.2. The van der Waals surface area contributed by atoms with Gasteiger partial charge in [0.15, 0.2) is 0 Å². The SMILES string of the molecule is COc1cccc(CCOc2cccc(-c3cccc(C(=O)NCCN)c3)n2)c1.Cl. The lowest BCUT2D eigenvalue weighted by Gasteiger charge is -2.09. The smallest absolute Gasteiger partial charge is 0.251 e. The Morgan fingerprint density at radius 2 is 1.87 bits per heavy atom. The fourth-order valence-corrected chi connectivity index (χ4v) is 2.86. The highest BCUT2D eigenvalue weighted by molar-refractivity contribution is 5.95. The molecule has 158 valence electrons. The van der Waals surface area contributed by atoms with Gasteiger partial charge in [-0.15, -0.1) is 12.4 Å². The number of carbonyl (C=O) groups is 1. The molecule has 0 fully saturated rings. The number of hydrogen-bond acceptors (Lipinski definition) is 5. The average molecular weight is 428 g/mol. The summed E-state index contributed by atoms with van der Waals surface area (Å²) in [4.78, 5) is 16.7. The first-order valence-corrected chi connectivity index (χ1v) is 9.51. The highest BCUT2D eigenvalue weighted by Crippen LogP contribution is 2.21. The van der Waals surface area contributed by atoms with Crippen molar-refractivity contribution in [1.82, 2.24) is 10.3 Å². The third kappa shape index (κ3) is 6.47. The molecule has 1 aromatic heterocycles. The fourth-order valence-electron chi connectivity index (χ4n) is 2.86. The number of methoxy groups -OCH3 is 1. The predicted octanol–water partition coefficient (Wildman–Crippen LogP) is 3.49. The molecule has 3 rings (SSSR count). The number of nitrogens with zero attached hydrogens (tertiary/aromatic N) is 1. The Bertz CT molecular complexity index is 966. The van der Waals surface area contributed by atoms with Crippen molar-refractivity contribution in [3.05, 3.63) is 77.9 Å². The zero-order valence-electron chi connectivity index (χ0n) is 16.8. The molecule has 30 heavy (non-hydrogen) atoms. The normalized spacial score (nSPS) is 10.1. The second-order valence-electron chi connectivity index (χ2n) is 6.44. The van der Waals surface area contributed by atoms with E-state index in [2.05, 4.69) is 10.3 Å². The van der Waals surface area contributed by atoms with Crippen LogP contribution in [0.25, 0.3) is 11.3 Å². The van der Waals surface area contributed by atoms with Gasteiger partial charge in [-0.25, -0.2) is 4.98 Å². The van der Waals surface area contributed by atoms with E-state index in [4.69, 9.17) is 15.2 Å². The predicted molar refractivity (Wildman–Crippen MR) is 121 cm³/mol. The summed E-state index contributed by atoms with van der Waals surface area (Å²) in [6, 6.07) is 20.9. The van der Waals surface area contributed by atoms with Crippen molar-refractivity contribution in [3.8, 4) is 22.9 Å². The number of pyridine rings is 1. The van der Waals surface area contributed by atoms with Gasteiger partial charge in [0, 0.05) is 36.7 Å². The minimum Gasteiger partial charge on any atom is -0.497 e. The number of aromatic nitrogens is 1. The molecule has 0 aliphatic carbocycles. The lowest BCUT2D eigenvalue weighted by molar-refractivity contribution is 0.0955. The molecule has 3 N–H and O–H groups in total. The van der Waals surface area contributed by atoms with Gasteiger partial charge >= 0.3 is 0 Å². The Balaban J connectivity index is 0.00000320. The zero-order chi connectivity index (χ0) is 20.5. The summed E-state index contributed by atoms with van der Waals surface area (Å²) in [7, 11) is 1.65. The van der Waals surface area contributed by atoms with Crippen LogP contribution in [-0.2, 0) is 6.42 Å². The molecule has 0 saturated heterocycles. The van der Waals surface area contributed by atoms with Crippen LogP contribution in [0.2, 0.25) is 0 Å². The molecule has 1 heterocycles. The van der Waals surface area contributed by atoms with Gasteiger partial charge in [0.05, 0.1) is 19.4 Å². The number of rotatable bonds is 9. The Morgan fingerprint density at radius 3 is 2.67 bits per heavy atom. The Morgan fingerprint density at radius 1 is 1.07 bits per heavy atom. The van der Waals surface area contributed by atoms with E-state index in [1.165, 1.54) is 0 Å². The molecule has 0 saturated carbocycles. The molecule has 2 aromatic carbocycles. The van der Waals surface area contributed by atoms with Crippen molar-refractivity contribution < 1.29 is 14.3 Å². The van der Waals surface area contributed by atoms with Gasteiger partial charge in [-0.1, -0.05) is 30.3 Å². The van der Waals surface area contributed by atoms with Crippen LogP contribution in [0, 0.1) is 0 Å². The standard InChI is InChI=1S/C23H25N3O3.ClH/c1-28-20-8-2-5-17(15-20)11-14-29-22-10-4-9-21(26-22)18-6-3-7-19(16-18)23(27)25-13-12-24;/h2-10,15-16H,11-14,24H2,1H3,(H,25,27);1H. The number of nitrogens with two attached hydrogens (primary N) is 1. The summed E-state index contributed by atoms with van der Waals surface area (Å²) in [6.45, 7) is 1.35. The third-order valence-corrected chi connectivity index (χ3v) is 4.35. The minimum atomic E-state index is -0.150. The van der Waals surface area contributed by atoms with Crippen LogP contribution in [0.3, 0.4) is 0 Å². The van der Waals surface area contributed by atoms with E-state index in [0.29, 0.717) is 31.1 Å². The van der Waals surface area contributed by atoms with Crippen molar-refractivity contribution in [3.63, 3.8) is 0 Å². The number of amides is 1. The van der Waals surface area contributed by atoms with Gasteiger partial charge in [-0.2, -0.15) is 0 Å². The van der Waals surface area contributed by atoms with Crippen molar-refractivity contribution in [2.75, 3.05) is 26.8 Å². The van der Waals surface area contributed by atoms with E-state index in [1.54, 1.807) is 13.2 Å². The number of nitrogens with one attached hydrogen (secondary N) is 1. The number of ether oxygens (including phenoxy) is 2. The summed E-state index contributed by atoms with van der Waals surface area (Å²) >= 11 is 0. The van der Waals surface area contributed by atoms with E-state index >= 15 is 0 Å². The van der Waals surface area contributed by atoms with Crippen LogP contribution in [0.4, 0.5) is 0 Å². The molecule has 0 unspecified atom stereocenters. The van der Waals surface area contributed by atoms with E-state index in [1.807, 2.05) is 60.7 Å². The summed E-state index contributed by atoms with van der Waals surface area (Å²) in [5, 5.41) is 2.77. The largest absolute Gasteiger partial charge is 0.497 e. The van der Waals surface area contributed by atoms with Gasteiger partial charge in [0.25, 0.3) is 5.91 Å². The highest BCUT2D eigenvalue weighted by atomic mass is 35.5. The first-order chi connectivity index (χ1) is 14.2. The third-order valence-electron chi connectivity index (χ3n) is 4.35. The van der Waals surface area contributed by atoms with Crippen LogP contribution in [-0.4, -0.2) is 37.7 Å². The summed E-state index contributed by atoms with van der Waals surface area (Å²) in [5.74, 6) is 1.23. The van der Waals surface area contributed by atoms with Gasteiger partial charge in [-0.05, 0) is 35.9 Å². The van der Waals surface area contributed by atoms with Crippen molar-refractivity contribution in [2.45, 2.75) is 6.42 Å². The van der Waals surface area contributed by atoms with Crippen LogP contribution >= 0.6 is 12.4 Å². The zero-order valence-corrected chi connectivity index (χ0v) is 17.7. The van der Waals surface area contributed by atoms with E-state index in [9.17, 15) is 4.79 Å². The molecule has 3 aromatic rings. The minimum absolute atomic E-state index is 0. The summed E-state index contributed by atoms with van der Waals surface area (Å²) in [6.07, 6.45) is 0.750. The fraction of sp³-hybridized carbons (Fsp3) is 0.217. The topological polar surface area (TPSA) is 86.5 Å². The number of carbonyl (C=O) groups excluding carboxylic acids is 1. The van der Waals surface area contributed by atoms with Crippen LogP contribution in [0.1, 0.15) is 15.9 Å². The average Bonchev–Trinajstić information content (AvgIpc) is 2.78. The molecule has 0 aliphatic heterocycles. The highest BCUT2D eigenvalue weighted by Gasteiger charge is 2.08. The maximum atomic E-state index is 12.2. The van der Waals surface area contributed by atoms with Crippen LogP contribution < -0.4 is 20.5 Å². The van der Waals surface area contributed by atoms with E-state index < -0.39 is 0 Å². The molecule has 0 aliphatic rings. The Kier molecular flexibility index (Phi) is 9.12. The first-order valence-electron chi connectivity index (χ1n) is 9.51. The molecular weight excluding hydrogens is 402 g/mol. The Labute approximate surface area is 182 Å². The summed E-state index contributed by atoms with van der Waals surface area (Å²) in [5.41, 5.74) is 8.74. The number of halogens is 1. The maximum Gasteiger partial charge on any atom is 0.251 e. The molecule has 7 heteroatoms. The van der Waals surface area contributed by atoms with Crippen molar-refractivity contribution in [1.29, 1.82) is 0 Å². The number of benzene rings is 2. The van der Waals surface area contributed by atoms with E-state index in [0.717, 1.165) is 29.0 Å². The molecule has 6 nitrogen and oxygen atoms in total. The second kappa shape index (κ2) is 11.8. The van der Waals surface area contributed by atoms with Crippen molar-refractivity contribution in [2.24, 2.45) is 5.73 Å².